The smallest absolute Gasteiger partial charge is 0.234 e. The molecule has 0 spiro atoms. The van der Waals surface area contributed by atoms with Gasteiger partial charge in [0.2, 0.25) is 5.91 Å². The summed E-state index contributed by atoms with van der Waals surface area (Å²) in [5, 5.41) is 3.12. The first-order chi connectivity index (χ1) is 7.43. The fraction of sp³-hybridized carbons (Fsp3) is 0.917. The normalized spacial score (nSPS) is 13.8. The summed E-state index contributed by atoms with van der Waals surface area (Å²) in [4.78, 5) is 11.1. The molecule has 16 heavy (non-hydrogen) atoms. The monoisotopic (exact) mass is 230 g/mol. The van der Waals surface area contributed by atoms with Crippen molar-refractivity contribution in [1.82, 2.24) is 5.32 Å². The maximum atomic E-state index is 11.1. The number of rotatable bonds is 9. The van der Waals surface area contributed by atoms with Crippen molar-refractivity contribution >= 4 is 5.91 Å². The van der Waals surface area contributed by atoms with Gasteiger partial charge in [-0.15, -0.1) is 0 Å². The van der Waals surface area contributed by atoms with Gasteiger partial charge in [0, 0.05) is 6.61 Å². The Hall–Kier alpha value is -0.610. The lowest BCUT2D eigenvalue weighted by atomic mass is 10.1. The number of primary amides is 1. The van der Waals surface area contributed by atoms with Crippen LogP contribution < -0.4 is 11.1 Å². The molecule has 0 aliphatic heterocycles. The van der Waals surface area contributed by atoms with E-state index >= 15 is 0 Å². The molecule has 3 N–H and O–H groups in total. The Kier molecular flexibility index (Phi) is 7.34. The van der Waals surface area contributed by atoms with Crippen LogP contribution in [0.1, 0.15) is 47.0 Å². The topological polar surface area (TPSA) is 64.3 Å². The molecule has 0 rings (SSSR count). The van der Waals surface area contributed by atoms with Gasteiger partial charge < -0.3 is 15.8 Å². The molecule has 4 heteroatoms. The van der Waals surface area contributed by atoms with E-state index in [-0.39, 0.29) is 17.6 Å². The van der Waals surface area contributed by atoms with Crippen molar-refractivity contribution in [3.05, 3.63) is 0 Å². The Bertz CT molecular complexity index is 205. The van der Waals surface area contributed by atoms with Gasteiger partial charge in [-0.3, -0.25) is 4.79 Å². The van der Waals surface area contributed by atoms with Crippen LogP contribution in [-0.2, 0) is 9.53 Å². The maximum absolute atomic E-state index is 11.1. The second kappa shape index (κ2) is 7.63. The van der Waals surface area contributed by atoms with Crippen molar-refractivity contribution in [1.29, 1.82) is 0 Å². The molecule has 0 aromatic heterocycles. The van der Waals surface area contributed by atoms with Gasteiger partial charge in [0.15, 0.2) is 0 Å². The summed E-state index contributed by atoms with van der Waals surface area (Å²) in [7, 11) is 0. The summed E-state index contributed by atoms with van der Waals surface area (Å²) in [5.74, 6) is -0.300. The number of carbonyl (C=O) groups is 1. The van der Waals surface area contributed by atoms with Crippen LogP contribution in [0.3, 0.4) is 0 Å². The SMILES string of the molecule is CCCNC(CCOC(C)(C)CC)C(N)=O. The van der Waals surface area contributed by atoms with E-state index in [9.17, 15) is 4.79 Å². The largest absolute Gasteiger partial charge is 0.376 e. The van der Waals surface area contributed by atoms with Crippen molar-refractivity contribution < 1.29 is 9.53 Å². The lowest BCUT2D eigenvalue weighted by molar-refractivity contribution is -0.121. The van der Waals surface area contributed by atoms with Crippen LogP contribution >= 0.6 is 0 Å². The molecule has 0 aliphatic rings. The number of amides is 1. The molecule has 1 amide bonds. The highest BCUT2D eigenvalue weighted by Crippen LogP contribution is 2.13. The lowest BCUT2D eigenvalue weighted by Gasteiger charge is -2.24. The first-order valence-electron chi connectivity index (χ1n) is 6.09. The Morgan fingerprint density at radius 1 is 1.44 bits per heavy atom. The van der Waals surface area contributed by atoms with Crippen LogP contribution in [0.2, 0.25) is 0 Å². The van der Waals surface area contributed by atoms with E-state index in [1.54, 1.807) is 0 Å². The highest BCUT2D eigenvalue weighted by atomic mass is 16.5. The molecule has 0 aromatic rings. The summed E-state index contributed by atoms with van der Waals surface area (Å²) in [6.45, 7) is 9.61. The van der Waals surface area contributed by atoms with Crippen molar-refractivity contribution in [3.63, 3.8) is 0 Å². The lowest BCUT2D eigenvalue weighted by Crippen LogP contribution is -2.42. The number of carbonyl (C=O) groups excluding carboxylic acids is 1. The minimum atomic E-state index is -0.300. The van der Waals surface area contributed by atoms with Gasteiger partial charge in [0.05, 0.1) is 11.6 Å². The van der Waals surface area contributed by atoms with Gasteiger partial charge in [-0.25, -0.2) is 0 Å². The van der Waals surface area contributed by atoms with E-state index in [0.29, 0.717) is 13.0 Å². The average molecular weight is 230 g/mol. The van der Waals surface area contributed by atoms with Crippen molar-refractivity contribution in [2.24, 2.45) is 5.73 Å². The minimum absolute atomic E-state index is 0.118. The first kappa shape index (κ1) is 15.4. The second-order valence-electron chi connectivity index (χ2n) is 4.66. The standard InChI is InChI=1S/C12H26N2O2/c1-5-8-14-10(11(13)15)7-9-16-12(3,4)6-2/h10,14H,5-9H2,1-4H3,(H2,13,15). The molecule has 0 bridgehead atoms. The van der Waals surface area contributed by atoms with E-state index in [4.69, 9.17) is 10.5 Å². The molecule has 4 nitrogen and oxygen atoms in total. The third kappa shape index (κ3) is 6.80. The van der Waals surface area contributed by atoms with Crippen LogP contribution in [0.15, 0.2) is 0 Å². The minimum Gasteiger partial charge on any atom is -0.376 e. The molecule has 0 aromatic carbocycles. The van der Waals surface area contributed by atoms with Crippen molar-refractivity contribution in [2.75, 3.05) is 13.2 Å². The molecule has 96 valence electrons. The van der Waals surface area contributed by atoms with E-state index in [0.717, 1.165) is 19.4 Å². The zero-order valence-electron chi connectivity index (χ0n) is 11.0. The molecule has 0 aliphatic carbocycles. The number of ether oxygens (including phenoxy) is 1. The summed E-state index contributed by atoms with van der Waals surface area (Å²) in [6, 6.07) is -0.271. The highest BCUT2D eigenvalue weighted by Gasteiger charge is 2.18. The van der Waals surface area contributed by atoms with E-state index in [1.807, 2.05) is 13.8 Å². The zero-order valence-corrected chi connectivity index (χ0v) is 11.0. The van der Waals surface area contributed by atoms with Gasteiger partial charge in [0.1, 0.15) is 0 Å². The molecule has 1 unspecified atom stereocenters. The quantitative estimate of drug-likeness (QED) is 0.630. The second-order valence-corrected chi connectivity index (χ2v) is 4.66. The number of hydrogen-bond donors (Lipinski definition) is 2. The van der Waals surface area contributed by atoms with Gasteiger partial charge in [-0.05, 0) is 39.7 Å². The Balaban J connectivity index is 3.89. The van der Waals surface area contributed by atoms with Gasteiger partial charge in [0.25, 0.3) is 0 Å². The van der Waals surface area contributed by atoms with Gasteiger partial charge >= 0.3 is 0 Å². The molecule has 1 atom stereocenters. The third-order valence-corrected chi connectivity index (χ3v) is 2.73. The van der Waals surface area contributed by atoms with Gasteiger partial charge in [-0.2, -0.15) is 0 Å². The number of hydrogen-bond acceptors (Lipinski definition) is 3. The summed E-state index contributed by atoms with van der Waals surface area (Å²) in [5.41, 5.74) is 5.18. The summed E-state index contributed by atoms with van der Waals surface area (Å²) < 4.78 is 5.69. The Morgan fingerprint density at radius 2 is 2.06 bits per heavy atom. The van der Waals surface area contributed by atoms with E-state index in [1.165, 1.54) is 0 Å². The number of nitrogens with two attached hydrogens (primary N) is 1. The fourth-order valence-corrected chi connectivity index (χ4v) is 1.22. The molecule has 0 saturated heterocycles. The van der Waals surface area contributed by atoms with E-state index in [2.05, 4.69) is 19.2 Å². The van der Waals surface area contributed by atoms with Crippen LogP contribution in [-0.4, -0.2) is 30.7 Å². The maximum Gasteiger partial charge on any atom is 0.234 e. The molecule has 0 fully saturated rings. The Labute approximate surface area is 98.9 Å². The molecule has 0 radical (unpaired) electrons. The third-order valence-electron chi connectivity index (χ3n) is 2.73. The Morgan fingerprint density at radius 3 is 2.50 bits per heavy atom. The van der Waals surface area contributed by atoms with Crippen molar-refractivity contribution in [2.45, 2.75) is 58.6 Å². The van der Waals surface area contributed by atoms with Crippen molar-refractivity contribution in [3.8, 4) is 0 Å². The van der Waals surface area contributed by atoms with Crippen LogP contribution in [0.4, 0.5) is 0 Å². The first-order valence-corrected chi connectivity index (χ1v) is 6.09. The van der Waals surface area contributed by atoms with Crippen LogP contribution in [0, 0.1) is 0 Å². The molecule has 0 saturated carbocycles. The molecular formula is C12H26N2O2. The van der Waals surface area contributed by atoms with E-state index < -0.39 is 0 Å². The van der Waals surface area contributed by atoms with Gasteiger partial charge in [-0.1, -0.05) is 13.8 Å². The summed E-state index contributed by atoms with van der Waals surface area (Å²) >= 11 is 0. The average Bonchev–Trinajstić information content (AvgIpc) is 2.22. The molecular weight excluding hydrogens is 204 g/mol. The summed E-state index contributed by atoms with van der Waals surface area (Å²) in [6.07, 6.45) is 2.58. The highest BCUT2D eigenvalue weighted by molar-refractivity contribution is 5.79. The number of nitrogens with one attached hydrogen (secondary N) is 1. The predicted octanol–water partition coefficient (Wildman–Crippen LogP) is 1.44. The molecule has 0 heterocycles. The fourth-order valence-electron chi connectivity index (χ4n) is 1.22. The van der Waals surface area contributed by atoms with Crippen LogP contribution in [0.5, 0.6) is 0 Å². The zero-order chi connectivity index (χ0) is 12.6. The predicted molar refractivity (Wildman–Crippen MR) is 66.2 cm³/mol. The van der Waals surface area contributed by atoms with Crippen LogP contribution in [0.25, 0.3) is 0 Å².